The Morgan fingerprint density at radius 3 is 2.74 bits per heavy atom. The summed E-state index contributed by atoms with van der Waals surface area (Å²) in [6.07, 6.45) is 0. The Hall–Kier alpha value is -3.24. The molecule has 1 aliphatic heterocycles. The molecule has 174 valence electrons. The Balaban J connectivity index is 1.33. The fourth-order valence-electron chi connectivity index (χ4n) is 4.07. The number of carbonyl (C=O) groups is 2. The molecule has 3 heterocycles. The highest BCUT2D eigenvalue weighted by molar-refractivity contribution is 8.00. The van der Waals surface area contributed by atoms with Crippen LogP contribution in [-0.4, -0.2) is 55.7 Å². The highest BCUT2D eigenvalue weighted by atomic mass is 32.2. The number of fused-ring (bicyclic) bond motifs is 1. The van der Waals surface area contributed by atoms with Crippen molar-refractivity contribution in [2.24, 2.45) is 7.05 Å². The molecule has 34 heavy (non-hydrogen) atoms. The van der Waals surface area contributed by atoms with E-state index in [1.165, 1.54) is 23.5 Å². The molecule has 1 fully saturated rings. The molecule has 0 saturated carbocycles. The van der Waals surface area contributed by atoms with Gasteiger partial charge in [-0.1, -0.05) is 18.2 Å². The number of nitrogens with one attached hydrogen (secondary N) is 1. The molecular formula is C24H22FN5O2S2. The zero-order chi connectivity index (χ0) is 23.8. The van der Waals surface area contributed by atoms with Crippen LogP contribution in [0, 0.1) is 12.7 Å². The van der Waals surface area contributed by atoms with Crippen LogP contribution < -0.4 is 5.32 Å². The minimum atomic E-state index is -0.337. The van der Waals surface area contributed by atoms with Gasteiger partial charge in [0.05, 0.1) is 21.6 Å². The van der Waals surface area contributed by atoms with Gasteiger partial charge in [0.15, 0.2) is 5.69 Å². The molecule has 0 spiro atoms. The summed E-state index contributed by atoms with van der Waals surface area (Å²) in [7, 11) is 1.81. The predicted octanol–water partition coefficient (Wildman–Crippen LogP) is 4.09. The molecule has 2 aromatic heterocycles. The van der Waals surface area contributed by atoms with Gasteiger partial charge < -0.3 is 10.2 Å². The Bertz CT molecular complexity index is 1380. The van der Waals surface area contributed by atoms with Crippen molar-refractivity contribution in [2.45, 2.75) is 12.3 Å². The third kappa shape index (κ3) is 4.19. The van der Waals surface area contributed by atoms with Gasteiger partial charge in [-0.05, 0) is 37.3 Å². The maximum Gasteiger partial charge on any atom is 0.272 e. The van der Waals surface area contributed by atoms with E-state index in [-0.39, 0.29) is 23.0 Å². The summed E-state index contributed by atoms with van der Waals surface area (Å²) in [6, 6.07) is 13.6. The number of para-hydroxylation sites is 1. The van der Waals surface area contributed by atoms with E-state index in [0.29, 0.717) is 34.9 Å². The number of amides is 2. The average Bonchev–Trinajstić information content (AvgIpc) is 3.55. The van der Waals surface area contributed by atoms with E-state index in [4.69, 9.17) is 0 Å². The number of carbonyl (C=O) groups excluding carboxylic acids is 2. The van der Waals surface area contributed by atoms with Crippen LogP contribution in [0.15, 0.2) is 48.5 Å². The van der Waals surface area contributed by atoms with Crippen molar-refractivity contribution in [3.05, 3.63) is 69.9 Å². The Morgan fingerprint density at radius 2 is 1.94 bits per heavy atom. The topological polar surface area (TPSA) is 80.1 Å². The van der Waals surface area contributed by atoms with Gasteiger partial charge in [0.2, 0.25) is 0 Å². The summed E-state index contributed by atoms with van der Waals surface area (Å²) in [4.78, 5) is 33.3. The average molecular weight is 496 g/mol. The van der Waals surface area contributed by atoms with E-state index < -0.39 is 0 Å². The molecule has 1 aliphatic rings. The predicted molar refractivity (Wildman–Crippen MR) is 133 cm³/mol. The number of thioether (sulfide) groups is 1. The maximum atomic E-state index is 13.5. The summed E-state index contributed by atoms with van der Waals surface area (Å²) in [6.45, 7) is 2.74. The van der Waals surface area contributed by atoms with Gasteiger partial charge in [-0.25, -0.2) is 9.37 Å². The number of benzene rings is 2. The van der Waals surface area contributed by atoms with Crippen molar-refractivity contribution in [3.63, 3.8) is 0 Å². The van der Waals surface area contributed by atoms with E-state index >= 15 is 0 Å². The first kappa shape index (κ1) is 22.5. The Kier molecular flexibility index (Phi) is 6.09. The van der Waals surface area contributed by atoms with E-state index in [2.05, 4.69) is 15.4 Å². The van der Waals surface area contributed by atoms with Crippen LogP contribution in [0.1, 0.15) is 25.2 Å². The van der Waals surface area contributed by atoms with Gasteiger partial charge >= 0.3 is 0 Å². The van der Waals surface area contributed by atoms with Gasteiger partial charge in [-0.3, -0.25) is 14.3 Å². The minimum absolute atomic E-state index is 0.127. The van der Waals surface area contributed by atoms with Crippen molar-refractivity contribution < 1.29 is 14.0 Å². The first-order chi connectivity index (χ1) is 16.4. The number of aromatic nitrogens is 3. The van der Waals surface area contributed by atoms with Gasteiger partial charge in [0, 0.05) is 36.8 Å². The standard InChI is InChI=1S/C24H22FN5O2S2/c1-14-27-20(15-7-9-16(25)10-8-15)22(34-14)24(32)30-11-12-33-19(30)13-26-23(31)21-17-5-3-4-6-18(17)29(2)28-21/h3-10,19H,11-13H2,1-2H3,(H,26,31). The number of nitrogens with zero attached hydrogens (tertiary/aromatic N) is 4. The van der Waals surface area contributed by atoms with Gasteiger partial charge in [0.1, 0.15) is 10.7 Å². The third-order valence-corrected chi connectivity index (χ3v) is 7.89. The van der Waals surface area contributed by atoms with Gasteiger partial charge in [-0.15, -0.1) is 23.1 Å². The molecule has 1 atom stereocenters. The van der Waals surface area contributed by atoms with Gasteiger partial charge in [-0.2, -0.15) is 5.10 Å². The molecule has 1 saturated heterocycles. The maximum absolute atomic E-state index is 13.5. The number of hydrogen-bond acceptors (Lipinski definition) is 6. The highest BCUT2D eigenvalue weighted by Crippen LogP contribution is 2.33. The lowest BCUT2D eigenvalue weighted by molar-refractivity contribution is 0.0756. The van der Waals surface area contributed by atoms with Crippen LogP contribution in [0.2, 0.25) is 0 Å². The van der Waals surface area contributed by atoms with Crippen LogP contribution in [0.3, 0.4) is 0 Å². The van der Waals surface area contributed by atoms with Crippen LogP contribution in [0.4, 0.5) is 4.39 Å². The van der Waals surface area contributed by atoms with Crippen molar-refractivity contribution >= 4 is 45.8 Å². The number of rotatable bonds is 5. The summed E-state index contributed by atoms with van der Waals surface area (Å²) < 4.78 is 15.1. The zero-order valence-electron chi connectivity index (χ0n) is 18.6. The second-order valence-electron chi connectivity index (χ2n) is 7.94. The second kappa shape index (κ2) is 9.19. The Labute approximate surface area is 204 Å². The lowest BCUT2D eigenvalue weighted by Crippen LogP contribution is -2.42. The van der Waals surface area contributed by atoms with E-state index in [0.717, 1.165) is 21.7 Å². The smallest absolute Gasteiger partial charge is 0.272 e. The van der Waals surface area contributed by atoms with Crippen LogP contribution in [0.5, 0.6) is 0 Å². The fraction of sp³-hybridized carbons (Fsp3) is 0.250. The quantitative estimate of drug-likeness (QED) is 0.451. The summed E-state index contributed by atoms with van der Waals surface area (Å²) in [5, 5.41) is 8.69. The van der Waals surface area contributed by atoms with Crippen molar-refractivity contribution in [2.75, 3.05) is 18.8 Å². The normalized spacial score (nSPS) is 15.7. The van der Waals surface area contributed by atoms with Crippen LogP contribution in [-0.2, 0) is 7.05 Å². The van der Waals surface area contributed by atoms with Crippen LogP contribution in [0.25, 0.3) is 22.2 Å². The number of aryl methyl sites for hydroxylation is 2. The van der Waals surface area contributed by atoms with Crippen molar-refractivity contribution in [3.8, 4) is 11.3 Å². The molecule has 4 aromatic rings. The fourth-order valence-corrected chi connectivity index (χ4v) is 6.13. The molecule has 2 aromatic carbocycles. The van der Waals surface area contributed by atoms with E-state index in [9.17, 15) is 14.0 Å². The monoisotopic (exact) mass is 495 g/mol. The number of halogens is 1. The van der Waals surface area contributed by atoms with E-state index in [1.54, 1.807) is 33.5 Å². The number of thiazole rings is 1. The number of hydrogen-bond donors (Lipinski definition) is 1. The van der Waals surface area contributed by atoms with Gasteiger partial charge in [0.25, 0.3) is 11.8 Å². The second-order valence-corrected chi connectivity index (χ2v) is 10.4. The summed E-state index contributed by atoms with van der Waals surface area (Å²) in [5.74, 6) is 0.0495. The first-order valence-corrected chi connectivity index (χ1v) is 12.6. The molecule has 1 unspecified atom stereocenters. The highest BCUT2D eigenvalue weighted by Gasteiger charge is 2.33. The zero-order valence-corrected chi connectivity index (χ0v) is 20.3. The van der Waals surface area contributed by atoms with Crippen molar-refractivity contribution in [1.82, 2.24) is 25.0 Å². The minimum Gasteiger partial charge on any atom is -0.348 e. The third-order valence-electron chi connectivity index (χ3n) is 5.71. The van der Waals surface area contributed by atoms with Crippen molar-refractivity contribution in [1.29, 1.82) is 0 Å². The molecule has 1 N–H and O–H groups in total. The molecule has 10 heteroatoms. The molecule has 0 aliphatic carbocycles. The van der Waals surface area contributed by atoms with Crippen LogP contribution >= 0.6 is 23.1 Å². The molecule has 5 rings (SSSR count). The summed E-state index contributed by atoms with van der Waals surface area (Å²) >= 11 is 2.96. The lowest BCUT2D eigenvalue weighted by Gasteiger charge is -2.23. The SMILES string of the molecule is Cc1nc(-c2ccc(F)cc2)c(C(=O)N2CCSC2CNC(=O)c2nn(C)c3ccccc23)s1. The molecule has 0 bridgehead atoms. The molecule has 7 nitrogen and oxygen atoms in total. The summed E-state index contributed by atoms with van der Waals surface area (Å²) in [5.41, 5.74) is 2.52. The first-order valence-electron chi connectivity index (χ1n) is 10.8. The molecular weight excluding hydrogens is 473 g/mol. The molecule has 2 amide bonds. The molecule has 0 radical (unpaired) electrons. The van der Waals surface area contributed by atoms with E-state index in [1.807, 2.05) is 38.2 Å². The lowest BCUT2D eigenvalue weighted by atomic mass is 10.1. The Morgan fingerprint density at radius 1 is 1.18 bits per heavy atom. The largest absolute Gasteiger partial charge is 0.348 e.